The largest absolute Gasteiger partial charge is 0.496 e. The molecule has 0 saturated heterocycles. The van der Waals surface area contributed by atoms with E-state index >= 15 is 0 Å². The Labute approximate surface area is 173 Å². The summed E-state index contributed by atoms with van der Waals surface area (Å²) in [5.74, 6) is 1.68. The summed E-state index contributed by atoms with van der Waals surface area (Å²) >= 11 is 0. The summed E-state index contributed by atoms with van der Waals surface area (Å²) in [5, 5.41) is 11.2. The van der Waals surface area contributed by atoms with E-state index in [1.54, 1.807) is 7.11 Å². The Bertz CT molecular complexity index is 727. The zero-order valence-electron chi connectivity index (χ0n) is 16.3. The second-order valence-corrected chi connectivity index (χ2v) is 5.96. The number of aromatic nitrogens is 2. The number of aryl methyl sites for hydroxylation is 2. The van der Waals surface area contributed by atoms with E-state index in [0.717, 1.165) is 42.5 Å². The van der Waals surface area contributed by atoms with Crippen molar-refractivity contribution in [3.05, 3.63) is 46.8 Å². The first-order valence-corrected chi connectivity index (χ1v) is 8.70. The van der Waals surface area contributed by atoms with Gasteiger partial charge < -0.3 is 15.4 Å². The third-order valence-corrected chi connectivity index (χ3v) is 4.27. The summed E-state index contributed by atoms with van der Waals surface area (Å²) in [6, 6.07) is 7.96. The van der Waals surface area contributed by atoms with E-state index in [9.17, 15) is 0 Å². The van der Waals surface area contributed by atoms with Gasteiger partial charge in [-0.2, -0.15) is 5.10 Å². The maximum absolute atomic E-state index is 5.39. The maximum atomic E-state index is 5.39. The van der Waals surface area contributed by atoms with Crippen molar-refractivity contribution in [3.63, 3.8) is 0 Å². The van der Waals surface area contributed by atoms with Crippen molar-refractivity contribution in [3.8, 4) is 5.75 Å². The molecule has 0 amide bonds. The number of benzene rings is 1. The van der Waals surface area contributed by atoms with Gasteiger partial charge in [0, 0.05) is 31.4 Å². The first kappa shape index (κ1) is 22.3. The Hall–Kier alpha value is -1.77. The van der Waals surface area contributed by atoms with E-state index in [4.69, 9.17) is 4.74 Å². The van der Waals surface area contributed by atoms with Crippen LogP contribution < -0.4 is 15.4 Å². The molecule has 0 bridgehead atoms. The van der Waals surface area contributed by atoms with Crippen LogP contribution >= 0.6 is 24.0 Å². The summed E-state index contributed by atoms with van der Waals surface area (Å²) in [5.41, 5.74) is 4.68. The van der Waals surface area contributed by atoms with Crippen molar-refractivity contribution in [2.45, 2.75) is 33.7 Å². The van der Waals surface area contributed by atoms with E-state index in [2.05, 4.69) is 41.5 Å². The van der Waals surface area contributed by atoms with Gasteiger partial charge in [-0.1, -0.05) is 18.2 Å². The maximum Gasteiger partial charge on any atom is 0.191 e. The lowest BCUT2D eigenvalue weighted by Crippen LogP contribution is -2.38. The average Bonchev–Trinajstić information content (AvgIpc) is 2.85. The third-order valence-electron chi connectivity index (χ3n) is 4.27. The molecule has 0 saturated carbocycles. The van der Waals surface area contributed by atoms with Gasteiger partial charge in [-0.25, -0.2) is 4.99 Å². The van der Waals surface area contributed by atoms with Crippen LogP contribution in [0.4, 0.5) is 0 Å². The first-order chi connectivity index (χ1) is 12.1. The number of guanidine groups is 1. The van der Waals surface area contributed by atoms with Crippen LogP contribution in [0, 0.1) is 13.8 Å². The number of hydrogen-bond donors (Lipinski definition) is 2. The van der Waals surface area contributed by atoms with Crippen LogP contribution in [0.3, 0.4) is 0 Å². The van der Waals surface area contributed by atoms with Gasteiger partial charge in [-0.3, -0.25) is 4.68 Å². The zero-order valence-corrected chi connectivity index (χ0v) is 18.6. The highest BCUT2D eigenvalue weighted by Crippen LogP contribution is 2.17. The number of hydrogen-bond acceptors (Lipinski definition) is 3. The summed E-state index contributed by atoms with van der Waals surface area (Å²) in [4.78, 5) is 4.67. The fourth-order valence-electron chi connectivity index (χ4n) is 2.82. The molecule has 0 fully saturated rings. The lowest BCUT2D eigenvalue weighted by molar-refractivity contribution is 0.410. The quantitative estimate of drug-likeness (QED) is 0.371. The van der Waals surface area contributed by atoms with Gasteiger partial charge in [0.05, 0.1) is 19.3 Å². The van der Waals surface area contributed by atoms with Gasteiger partial charge in [-0.15, -0.1) is 24.0 Å². The van der Waals surface area contributed by atoms with Crippen LogP contribution in [0.25, 0.3) is 0 Å². The van der Waals surface area contributed by atoms with Crippen molar-refractivity contribution >= 4 is 29.9 Å². The number of aliphatic imine (C=N–C) groups is 1. The van der Waals surface area contributed by atoms with Crippen LogP contribution in [0.15, 0.2) is 29.3 Å². The smallest absolute Gasteiger partial charge is 0.191 e. The summed E-state index contributed by atoms with van der Waals surface area (Å²) in [6.45, 7) is 8.44. The number of ether oxygens (including phenoxy) is 1. The second-order valence-electron chi connectivity index (χ2n) is 5.96. The monoisotopic (exact) mass is 471 g/mol. The van der Waals surface area contributed by atoms with Crippen molar-refractivity contribution in [1.29, 1.82) is 0 Å². The van der Waals surface area contributed by atoms with E-state index in [1.165, 1.54) is 11.3 Å². The molecule has 2 N–H and O–H groups in total. The van der Waals surface area contributed by atoms with Gasteiger partial charge >= 0.3 is 0 Å². The van der Waals surface area contributed by atoms with Crippen molar-refractivity contribution in [2.75, 3.05) is 20.2 Å². The average molecular weight is 471 g/mol. The minimum atomic E-state index is 0. The van der Waals surface area contributed by atoms with E-state index in [1.807, 2.05) is 36.0 Å². The fraction of sp³-hybridized carbons (Fsp3) is 0.474. The Morgan fingerprint density at radius 3 is 2.58 bits per heavy atom. The molecule has 1 aromatic heterocycles. The Morgan fingerprint density at radius 2 is 1.96 bits per heavy atom. The number of para-hydroxylation sites is 1. The highest BCUT2D eigenvalue weighted by Gasteiger charge is 2.09. The van der Waals surface area contributed by atoms with Crippen LogP contribution in [0.2, 0.25) is 0 Å². The summed E-state index contributed by atoms with van der Waals surface area (Å²) in [7, 11) is 3.67. The Kier molecular flexibility index (Phi) is 9.47. The molecule has 2 aromatic rings. The van der Waals surface area contributed by atoms with E-state index in [-0.39, 0.29) is 24.0 Å². The molecule has 7 heteroatoms. The molecule has 2 rings (SSSR count). The number of nitrogens with zero attached hydrogens (tertiary/aromatic N) is 3. The van der Waals surface area contributed by atoms with Crippen LogP contribution in [-0.4, -0.2) is 35.9 Å². The summed E-state index contributed by atoms with van der Waals surface area (Å²) < 4.78 is 7.32. The molecule has 26 heavy (non-hydrogen) atoms. The zero-order chi connectivity index (χ0) is 18.2. The normalized spacial score (nSPS) is 11.0. The topological polar surface area (TPSA) is 63.5 Å². The number of halogens is 1. The van der Waals surface area contributed by atoms with Gasteiger partial charge in [0.1, 0.15) is 5.75 Å². The molecule has 1 heterocycles. The molecule has 0 aliphatic carbocycles. The molecular formula is C19H30IN5O. The molecule has 1 aromatic carbocycles. The van der Waals surface area contributed by atoms with Crippen molar-refractivity contribution in [1.82, 2.24) is 20.4 Å². The van der Waals surface area contributed by atoms with E-state index in [0.29, 0.717) is 6.54 Å². The van der Waals surface area contributed by atoms with Crippen LogP contribution in [0.5, 0.6) is 5.75 Å². The highest BCUT2D eigenvalue weighted by atomic mass is 127. The third kappa shape index (κ3) is 5.89. The minimum Gasteiger partial charge on any atom is -0.496 e. The van der Waals surface area contributed by atoms with Gasteiger partial charge in [0.25, 0.3) is 0 Å². The lowest BCUT2D eigenvalue weighted by atomic mass is 10.1. The van der Waals surface area contributed by atoms with Crippen LogP contribution in [-0.2, 0) is 20.0 Å². The Balaban J connectivity index is 0.00000338. The Morgan fingerprint density at radius 1 is 1.23 bits per heavy atom. The molecule has 0 spiro atoms. The summed E-state index contributed by atoms with van der Waals surface area (Å²) in [6.07, 6.45) is 0.921. The van der Waals surface area contributed by atoms with Gasteiger partial charge in [0.15, 0.2) is 5.96 Å². The van der Waals surface area contributed by atoms with Crippen molar-refractivity contribution in [2.24, 2.45) is 12.0 Å². The lowest BCUT2D eigenvalue weighted by Gasteiger charge is -2.12. The second kappa shape index (κ2) is 11.1. The molecule has 0 aliphatic rings. The van der Waals surface area contributed by atoms with Crippen molar-refractivity contribution < 1.29 is 4.74 Å². The molecule has 0 aliphatic heterocycles. The SMILES string of the molecule is CCNC(=NCc1ccccc1OC)NCCc1c(C)nn(C)c1C.I. The number of rotatable bonds is 7. The predicted octanol–water partition coefficient (Wildman–Crippen LogP) is 2.96. The predicted molar refractivity (Wildman–Crippen MR) is 118 cm³/mol. The van der Waals surface area contributed by atoms with E-state index < -0.39 is 0 Å². The molecule has 6 nitrogen and oxygen atoms in total. The molecular weight excluding hydrogens is 441 g/mol. The highest BCUT2D eigenvalue weighted by molar-refractivity contribution is 14.0. The number of nitrogens with one attached hydrogen (secondary N) is 2. The minimum absolute atomic E-state index is 0. The van der Waals surface area contributed by atoms with Gasteiger partial charge in [0.2, 0.25) is 0 Å². The first-order valence-electron chi connectivity index (χ1n) is 8.70. The molecule has 144 valence electrons. The van der Waals surface area contributed by atoms with Gasteiger partial charge in [-0.05, 0) is 38.8 Å². The molecule has 0 unspecified atom stereocenters. The van der Waals surface area contributed by atoms with Crippen LogP contribution in [0.1, 0.15) is 29.4 Å². The molecule has 0 radical (unpaired) electrons. The number of methoxy groups -OCH3 is 1. The standard InChI is InChI=1S/C19H29N5O.HI/c1-6-20-19(22-13-16-9-7-8-10-18(16)25-5)21-12-11-17-14(2)23-24(4)15(17)3;/h7-10H,6,11-13H2,1-5H3,(H2,20,21,22);1H. The molecule has 0 atom stereocenters. The fourth-order valence-corrected chi connectivity index (χ4v) is 2.82.